The average molecular weight is 464 g/mol. The number of hydrogen-bond donors (Lipinski definition) is 2. The second-order valence-corrected chi connectivity index (χ2v) is 8.27. The van der Waals surface area contributed by atoms with Gasteiger partial charge in [-0.1, -0.05) is 66.2 Å². The first-order valence-electron chi connectivity index (χ1n) is 9.92. The van der Waals surface area contributed by atoms with Gasteiger partial charge in [-0.25, -0.2) is 0 Å². The SMILES string of the molecule is COc1cc(SNc2ccc(Cl)c(O)c2)c(-c2ccc(-c3ccccc3)cc2)cc1OC. The van der Waals surface area contributed by atoms with Crippen LogP contribution < -0.4 is 14.2 Å². The van der Waals surface area contributed by atoms with Gasteiger partial charge in [-0.3, -0.25) is 0 Å². The van der Waals surface area contributed by atoms with Crippen molar-refractivity contribution in [2.45, 2.75) is 4.90 Å². The van der Waals surface area contributed by atoms with Crippen LogP contribution in [0.2, 0.25) is 5.02 Å². The Morgan fingerprint density at radius 1 is 0.750 bits per heavy atom. The number of phenolic OH excluding ortho intramolecular Hbond substituents is 1. The molecule has 0 atom stereocenters. The van der Waals surface area contributed by atoms with Crippen molar-refractivity contribution in [1.82, 2.24) is 0 Å². The lowest BCUT2D eigenvalue weighted by molar-refractivity contribution is 0.354. The molecule has 4 nitrogen and oxygen atoms in total. The maximum Gasteiger partial charge on any atom is 0.161 e. The third-order valence-electron chi connectivity index (χ3n) is 5.01. The summed E-state index contributed by atoms with van der Waals surface area (Å²) in [4.78, 5) is 0.949. The first-order chi connectivity index (χ1) is 15.6. The van der Waals surface area contributed by atoms with Crippen molar-refractivity contribution in [3.63, 3.8) is 0 Å². The van der Waals surface area contributed by atoms with E-state index in [1.54, 1.807) is 26.4 Å². The first kappa shape index (κ1) is 21.9. The van der Waals surface area contributed by atoms with Crippen LogP contribution in [0.5, 0.6) is 17.2 Å². The Morgan fingerprint density at radius 2 is 1.38 bits per heavy atom. The molecular weight excluding hydrogens is 442 g/mol. The number of benzene rings is 4. The van der Waals surface area contributed by atoms with Gasteiger partial charge in [0.05, 0.1) is 19.2 Å². The zero-order valence-electron chi connectivity index (χ0n) is 17.6. The minimum absolute atomic E-state index is 0.0290. The summed E-state index contributed by atoms with van der Waals surface area (Å²) in [6.45, 7) is 0. The van der Waals surface area contributed by atoms with E-state index in [-0.39, 0.29) is 5.75 Å². The second-order valence-electron chi connectivity index (χ2n) is 7.02. The van der Waals surface area contributed by atoms with Gasteiger partial charge in [0, 0.05) is 22.2 Å². The molecule has 0 radical (unpaired) electrons. The van der Waals surface area contributed by atoms with E-state index < -0.39 is 0 Å². The molecule has 0 saturated heterocycles. The van der Waals surface area contributed by atoms with E-state index in [2.05, 4.69) is 41.1 Å². The molecule has 4 aromatic carbocycles. The number of phenols is 1. The minimum atomic E-state index is 0.0290. The molecule has 0 aliphatic carbocycles. The zero-order chi connectivity index (χ0) is 22.5. The molecule has 0 aliphatic rings. The molecule has 0 aliphatic heterocycles. The molecule has 4 rings (SSSR count). The summed E-state index contributed by atoms with van der Waals surface area (Å²) in [6, 6.07) is 27.6. The standard InChI is InChI=1S/C26H22ClNO3S/c1-30-24-15-21(19-10-8-18(9-11-19)17-6-4-3-5-7-17)26(16-25(24)31-2)32-28-20-12-13-22(27)23(29)14-20/h3-16,28-29H,1-2H3. The molecule has 0 unspecified atom stereocenters. The Bertz CT molecular complexity index is 1210. The zero-order valence-corrected chi connectivity index (χ0v) is 19.2. The maximum atomic E-state index is 9.88. The molecule has 0 heterocycles. The number of nitrogens with one attached hydrogen (secondary N) is 1. The van der Waals surface area contributed by atoms with E-state index >= 15 is 0 Å². The normalized spacial score (nSPS) is 10.6. The van der Waals surface area contributed by atoms with Crippen molar-refractivity contribution in [3.05, 3.63) is 90.0 Å². The predicted molar refractivity (Wildman–Crippen MR) is 133 cm³/mol. The Hall–Kier alpha value is -3.28. The van der Waals surface area contributed by atoms with Crippen molar-refractivity contribution in [2.75, 3.05) is 18.9 Å². The van der Waals surface area contributed by atoms with Gasteiger partial charge in [-0.15, -0.1) is 0 Å². The van der Waals surface area contributed by atoms with E-state index in [1.165, 1.54) is 17.5 Å². The van der Waals surface area contributed by atoms with Gasteiger partial charge in [0.25, 0.3) is 0 Å². The van der Waals surface area contributed by atoms with Gasteiger partial charge >= 0.3 is 0 Å². The minimum Gasteiger partial charge on any atom is -0.506 e. The van der Waals surface area contributed by atoms with Crippen molar-refractivity contribution < 1.29 is 14.6 Å². The Kier molecular flexibility index (Phi) is 6.78. The largest absolute Gasteiger partial charge is 0.506 e. The maximum absolute atomic E-state index is 9.88. The van der Waals surface area contributed by atoms with Gasteiger partial charge in [-0.05, 0) is 52.9 Å². The lowest BCUT2D eigenvalue weighted by atomic mass is 10.00. The number of anilines is 1. The summed E-state index contributed by atoms with van der Waals surface area (Å²) < 4.78 is 14.3. The van der Waals surface area contributed by atoms with Crippen LogP contribution in [0.4, 0.5) is 5.69 Å². The van der Waals surface area contributed by atoms with Gasteiger partial charge in [0.15, 0.2) is 11.5 Å². The highest BCUT2D eigenvalue weighted by Gasteiger charge is 2.14. The summed E-state index contributed by atoms with van der Waals surface area (Å²) in [5.74, 6) is 1.32. The topological polar surface area (TPSA) is 50.7 Å². The Balaban J connectivity index is 1.68. The highest BCUT2D eigenvalue weighted by Crippen LogP contribution is 2.41. The van der Waals surface area contributed by atoms with Crippen molar-refractivity contribution >= 4 is 29.2 Å². The molecule has 0 spiro atoms. The second kappa shape index (κ2) is 9.90. The average Bonchev–Trinajstić information content (AvgIpc) is 2.85. The number of methoxy groups -OCH3 is 2. The van der Waals surface area contributed by atoms with E-state index in [9.17, 15) is 5.11 Å². The molecule has 32 heavy (non-hydrogen) atoms. The van der Waals surface area contributed by atoms with Crippen LogP contribution in [0.3, 0.4) is 0 Å². The van der Waals surface area contributed by atoms with Crippen LogP contribution in [-0.4, -0.2) is 19.3 Å². The van der Waals surface area contributed by atoms with Crippen LogP contribution >= 0.6 is 23.5 Å². The van der Waals surface area contributed by atoms with E-state index in [0.717, 1.165) is 27.3 Å². The molecule has 0 saturated carbocycles. The molecular formula is C26H22ClNO3S. The van der Waals surface area contributed by atoms with Gasteiger partial charge in [-0.2, -0.15) is 0 Å². The number of ether oxygens (including phenoxy) is 2. The van der Waals surface area contributed by atoms with Crippen LogP contribution in [0.1, 0.15) is 0 Å². The lowest BCUT2D eigenvalue weighted by Crippen LogP contribution is -1.95. The number of hydrogen-bond acceptors (Lipinski definition) is 5. The number of rotatable bonds is 7. The third-order valence-corrected chi connectivity index (χ3v) is 6.23. The molecule has 2 N–H and O–H groups in total. The predicted octanol–water partition coefficient (Wildman–Crippen LogP) is 7.52. The summed E-state index contributed by atoms with van der Waals surface area (Å²) >= 11 is 7.34. The number of aromatic hydroxyl groups is 1. The van der Waals surface area contributed by atoms with E-state index in [0.29, 0.717) is 16.5 Å². The number of halogens is 1. The Morgan fingerprint density at radius 3 is 2.03 bits per heavy atom. The van der Waals surface area contributed by atoms with Crippen LogP contribution in [-0.2, 0) is 0 Å². The molecule has 0 amide bonds. The van der Waals surface area contributed by atoms with Gasteiger partial charge in [0.1, 0.15) is 5.75 Å². The smallest absolute Gasteiger partial charge is 0.161 e. The first-order valence-corrected chi connectivity index (χ1v) is 11.1. The third kappa shape index (κ3) is 4.79. The molecule has 0 fully saturated rings. The van der Waals surface area contributed by atoms with Crippen LogP contribution in [0.15, 0.2) is 89.8 Å². The highest BCUT2D eigenvalue weighted by atomic mass is 35.5. The summed E-state index contributed by atoms with van der Waals surface area (Å²) in [6.07, 6.45) is 0. The van der Waals surface area contributed by atoms with Crippen molar-refractivity contribution in [2.24, 2.45) is 0 Å². The van der Waals surface area contributed by atoms with E-state index in [1.807, 2.05) is 36.4 Å². The summed E-state index contributed by atoms with van der Waals surface area (Å²) in [7, 11) is 3.24. The highest BCUT2D eigenvalue weighted by molar-refractivity contribution is 8.00. The van der Waals surface area contributed by atoms with Crippen molar-refractivity contribution in [1.29, 1.82) is 0 Å². The molecule has 6 heteroatoms. The fourth-order valence-electron chi connectivity index (χ4n) is 3.33. The monoisotopic (exact) mass is 463 g/mol. The molecule has 4 aromatic rings. The van der Waals surface area contributed by atoms with E-state index in [4.69, 9.17) is 21.1 Å². The molecule has 162 valence electrons. The summed E-state index contributed by atoms with van der Waals surface area (Å²) in [5, 5.41) is 10.2. The Labute approximate surface area is 196 Å². The van der Waals surface area contributed by atoms with Gasteiger partial charge in [0.2, 0.25) is 0 Å². The lowest BCUT2D eigenvalue weighted by Gasteiger charge is -2.16. The fourth-order valence-corrected chi connectivity index (χ4v) is 4.26. The van der Waals surface area contributed by atoms with Crippen LogP contribution in [0, 0.1) is 0 Å². The van der Waals surface area contributed by atoms with Crippen LogP contribution in [0.25, 0.3) is 22.3 Å². The quantitative estimate of drug-likeness (QED) is 0.277. The molecule has 0 bridgehead atoms. The van der Waals surface area contributed by atoms with Gasteiger partial charge < -0.3 is 19.3 Å². The summed E-state index contributed by atoms with van der Waals surface area (Å²) in [5.41, 5.74) is 5.10. The van der Waals surface area contributed by atoms with Crippen molar-refractivity contribution in [3.8, 4) is 39.5 Å². The molecule has 0 aromatic heterocycles. The fraction of sp³-hybridized carbons (Fsp3) is 0.0769.